The molecule has 0 spiro atoms. The van der Waals surface area contributed by atoms with Gasteiger partial charge in [0.1, 0.15) is 17.9 Å². The lowest BCUT2D eigenvalue weighted by atomic mass is 10.3. The molecule has 2 N–H and O–H groups in total. The zero-order valence-corrected chi connectivity index (χ0v) is 12.4. The number of nitrogens with zero attached hydrogens (tertiary/aromatic N) is 4. The van der Waals surface area contributed by atoms with Gasteiger partial charge < -0.3 is 14.6 Å². The molecule has 0 aromatic carbocycles. The lowest BCUT2D eigenvalue weighted by Gasteiger charge is -2.16. The van der Waals surface area contributed by atoms with Gasteiger partial charge in [-0.05, 0) is 0 Å². The Bertz CT molecular complexity index is 899. The summed E-state index contributed by atoms with van der Waals surface area (Å²) in [6, 6.07) is 2.92. The molecule has 1 aliphatic rings. The summed E-state index contributed by atoms with van der Waals surface area (Å²) in [4.78, 5) is 48.5. The second kappa shape index (κ2) is 6.33. The number of H-pyrrole nitrogens is 2. The number of aromatic amines is 2. The Hall–Kier alpha value is -3.48. The van der Waals surface area contributed by atoms with E-state index in [4.69, 9.17) is 10.00 Å². The third kappa shape index (κ3) is 3.14. The molecule has 122 valence electrons. The fraction of sp³-hybridized carbons (Fsp3) is 0.286. The van der Waals surface area contributed by atoms with Gasteiger partial charge in [-0.25, -0.2) is 14.8 Å². The maximum absolute atomic E-state index is 12.3. The van der Waals surface area contributed by atoms with Crippen molar-refractivity contribution in [2.24, 2.45) is 0 Å². The Morgan fingerprint density at radius 1 is 1.33 bits per heavy atom. The number of carbonyl (C=O) groups excluding carboxylic acids is 1. The van der Waals surface area contributed by atoms with E-state index >= 15 is 0 Å². The van der Waals surface area contributed by atoms with Gasteiger partial charge in [0.25, 0.3) is 17.3 Å². The van der Waals surface area contributed by atoms with E-state index in [0.717, 1.165) is 6.07 Å². The number of amides is 1. The first-order valence-electron chi connectivity index (χ1n) is 7.07. The zero-order chi connectivity index (χ0) is 17.1. The number of aromatic nitrogens is 4. The van der Waals surface area contributed by atoms with Crippen molar-refractivity contribution < 1.29 is 9.53 Å². The summed E-state index contributed by atoms with van der Waals surface area (Å²) in [6.45, 7) is 0.635. The van der Waals surface area contributed by atoms with E-state index in [1.165, 1.54) is 17.3 Å². The van der Waals surface area contributed by atoms with Gasteiger partial charge in [0.2, 0.25) is 5.69 Å². The Kier molecular flexibility index (Phi) is 4.07. The van der Waals surface area contributed by atoms with E-state index in [1.807, 2.05) is 11.1 Å². The number of hydrogen-bond acceptors (Lipinski definition) is 7. The molecular formula is C14H12N6O4. The van der Waals surface area contributed by atoms with E-state index < -0.39 is 17.2 Å². The largest absolute Gasteiger partial charge is 0.470 e. The Balaban J connectivity index is 1.71. The zero-order valence-electron chi connectivity index (χ0n) is 12.4. The summed E-state index contributed by atoms with van der Waals surface area (Å²) >= 11 is 0. The molecule has 10 heteroatoms. The van der Waals surface area contributed by atoms with Crippen molar-refractivity contribution in [2.75, 3.05) is 13.1 Å². The Morgan fingerprint density at radius 2 is 2.12 bits per heavy atom. The molecule has 1 atom stereocenters. The fourth-order valence-electron chi connectivity index (χ4n) is 2.41. The van der Waals surface area contributed by atoms with E-state index in [0.29, 0.717) is 13.0 Å². The van der Waals surface area contributed by atoms with E-state index in [1.54, 1.807) is 0 Å². The van der Waals surface area contributed by atoms with Crippen molar-refractivity contribution >= 4 is 5.91 Å². The molecule has 1 aliphatic heterocycles. The van der Waals surface area contributed by atoms with Crippen molar-refractivity contribution in [3.8, 4) is 11.9 Å². The van der Waals surface area contributed by atoms with Crippen molar-refractivity contribution in [3.05, 3.63) is 50.7 Å². The SMILES string of the molecule is N#Cc1nccnc1OC1CCN(C(=O)c2cc(=O)[nH]c(=O)[nH]2)C1. The smallest absolute Gasteiger partial charge is 0.326 e. The molecule has 0 radical (unpaired) electrons. The van der Waals surface area contributed by atoms with Crippen LogP contribution in [-0.2, 0) is 0 Å². The van der Waals surface area contributed by atoms with Gasteiger partial charge in [-0.15, -0.1) is 0 Å². The third-order valence-electron chi connectivity index (χ3n) is 3.47. The average molecular weight is 328 g/mol. The fourth-order valence-corrected chi connectivity index (χ4v) is 2.41. The summed E-state index contributed by atoms with van der Waals surface area (Å²) in [7, 11) is 0. The number of rotatable bonds is 3. The number of nitriles is 1. The van der Waals surface area contributed by atoms with Crippen molar-refractivity contribution in [1.29, 1.82) is 5.26 Å². The Labute approximate surface area is 134 Å². The van der Waals surface area contributed by atoms with E-state index in [9.17, 15) is 14.4 Å². The second-order valence-electron chi connectivity index (χ2n) is 5.10. The highest BCUT2D eigenvalue weighted by atomic mass is 16.5. The third-order valence-corrected chi connectivity index (χ3v) is 3.47. The summed E-state index contributed by atoms with van der Waals surface area (Å²) in [6.07, 6.45) is 2.97. The van der Waals surface area contributed by atoms with Gasteiger partial charge in [-0.3, -0.25) is 14.6 Å². The highest BCUT2D eigenvalue weighted by molar-refractivity contribution is 5.92. The van der Waals surface area contributed by atoms with Crippen LogP contribution in [0.2, 0.25) is 0 Å². The van der Waals surface area contributed by atoms with Crippen LogP contribution in [0.3, 0.4) is 0 Å². The maximum atomic E-state index is 12.3. The van der Waals surface area contributed by atoms with Crippen LogP contribution in [-0.4, -0.2) is 49.9 Å². The van der Waals surface area contributed by atoms with E-state index in [-0.39, 0.29) is 29.9 Å². The minimum Gasteiger partial charge on any atom is -0.470 e. The first kappa shape index (κ1) is 15.4. The van der Waals surface area contributed by atoms with Gasteiger partial charge in [-0.2, -0.15) is 5.26 Å². The molecule has 2 aromatic rings. The van der Waals surface area contributed by atoms with Gasteiger partial charge in [0, 0.05) is 31.4 Å². The van der Waals surface area contributed by atoms with Crippen LogP contribution in [0, 0.1) is 11.3 Å². The molecule has 1 fully saturated rings. The maximum Gasteiger partial charge on any atom is 0.326 e. The van der Waals surface area contributed by atoms with Crippen LogP contribution in [0.4, 0.5) is 0 Å². The molecular weight excluding hydrogens is 316 g/mol. The van der Waals surface area contributed by atoms with Gasteiger partial charge in [0.15, 0.2) is 0 Å². The lowest BCUT2D eigenvalue weighted by Crippen LogP contribution is -2.34. The van der Waals surface area contributed by atoms with Crippen molar-refractivity contribution in [3.63, 3.8) is 0 Å². The molecule has 10 nitrogen and oxygen atoms in total. The molecule has 1 amide bonds. The minimum atomic E-state index is -0.740. The molecule has 3 rings (SSSR count). The number of carbonyl (C=O) groups is 1. The number of nitrogens with one attached hydrogen (secondary N) is 2. The molecule has 0 aliphatic carbocycles. The van der Waals surface area contributed by atoms with Gasteiger partial charge in [0.05, 0.1) is 6.54 Å². The normalized spacial score (nSPS) is 16.6. The van der Waals surface area contributed by atoms with Crippen LogP contribution < -0.4 is 16.0 Å². The first-order valence-corrected chi connectivity index (χ1v) is 7.07. The second-order valence-corrected chi connectivity index (χ2v) is 5.10. The molecule has 24 heavy (non-hydrogen) atoms. The average Bonchev–Trinajstić information content (AvgIpc) is 3.02. The highest BCUT2D eigenvalue weighted by Crippen LogP contribution is 2.19. The molecule has 0 bridgehead atoms. The quantitative estimate of drug-likeness (QED) is 0.736. The van der Waals surface area contributed by atoms with Gasteiger partial charge >= 0.3 is 5.69 Å². The summed E-state index contributed by atoms with van der Waals surface area (Å²) < 4.78 is 5.63. The monoisotopic (exact) mass is 328 g/mol. The van der Waals surface area contributed by atoms with Crippen LogP contribution in [0.25, 0.3) is 0 Å². The summed E-state index contributed by atoms with van der Waals surface area (Å²) in [5.74, 6) is -0.354. The van der Waals surface area contributed by atoms with Crippen LogP contribution in [0.1, 0.15) is 22.6 Å². The Morgan fingerprint density at radius 3 is 2.88 bits per heavy atom. The molecule has 0 saturated carbocycles. The molecule has 3 heterocycles. The minimum absolute atomic E-state index is 0.0706. The predicted molar refractivity (Wildman–Crippen MR) is 79.4 cm³/mol. The number of likely N-dealkylation sites (tertiary alicyclic amines) is 1. The number of ether oxygens (including phenoxy) is 1. The standard InChI is InChI=1S/C14H12N6O4/c15-6-10-12(17-3-2-16-10)24-8-1-4-20(7-8)13(22)9-5-11(21)19-14(23)18-9/h2-3,5,8H,1,4,7H2,(H2,18,19,21,23). The lowest BCUT2D eigenvalue weighted by molar-refractivity contribution is 0.0764. The molecule has 2 aromatic heterocycles. The molecule has 1 unspecified atom stereocenters. The number of hydrogen-bond donors (Lipinski definition) is 2. The van der Waals surface area contributed by atoms with E-state index in [2.05, 4.69) is 15.0 Å². The van der Waals surface area contributed by atoms with Crippen molar-refractivity contribution in [2.45, 2.75) is 12.5 Å². The predicted octanol–water partition coefficient (Wildman–Crippen LogP) is -0.982. The van der Waals surface area contributed by atoms with Gasteiger partial charge in [-0.1, -0.05) is 0 Å². The molecule has 1 saturated heterocycles. The topological polar surface area (TPSA) is 145 Å². The van der Waals surface area contributed by atoms with Crippen LogP contribution in [0.5, 0.6) is 5.88 Å². The van der Waals surface area contributed by atoms with Crippen LogP contribution >= 0.6 is 0 Å². The van der Waals surface area contributed by atoms with Crippen molar-refractivity contribution in [1.82, 2.24) is 24.8 Å². The summed E-state index contributed by atoms with van der Waals surface area (Å²) in [5.41, 5.74) is -1.40. The van der Waals surface area contributed by atoms with Crippen LogP contribution in [0.15, 0.2) is 28.0 Å². The first-order chi connectivity index (χ1) is 11.6. The highest BCUT2D eigenvalue weighted by Gasteiger charge is 2.29. The summed E-state index contributed by atoms with van der Waals surface area (Å²) in [5, 5.41) is 8.97.